The van der Waals surface area contributed by atoms with Crippen molar-refractivity contribution in [2.45, 2.75) is 6.92 Å². The number of halogens is 1. The van der Waals surface area contributed by atoms with Crippen LogP contribution in [0.1, 0.15) is 5.56 Å². The molecule has 0 spiro atoms. The Morgan fingerprint density at radius 1 is 1.21 bits per heavy atom. The maximum Gasteiger partial charge on any atom is 0.325 e. The molecule has 0 aliphatic carbocycles. The van der Waals surface area contributed by atoms with Gasteiger partial charge in [-0.15, -0.1) is 12.4 Å². The van der Waals surface area contributed by atoms with Crippen molar-refractivity contribution in [3.63, 3.8) is 0 Å². The van der Waals surface area contributed by atoms with E-state index in [-0.39, 0.29) is 18.4 Å². The summed E-state index contributed by atoms with van der Waals surface area (Å²) < 4.78 is 0. The lowest BCUT2D eigenvalue weighted by atomic mass is 10.3. The zero-order valence-corrected chi connectivity index (χ0v) is 13.1. The second-order valence-electron chi connectivity index (χ2n) is 4.82. The van der Waals surface area contributed by atoms with E-state index < -0.39 is 0 Å². The molecule has 0 atom stereocenters. The van der Waals surface area contributed by atoms with Crippen molar-refractivity contribution in [2.24, 2.45) is 0 Å². The van der Waals surface area contributed by atoms with Crippen molar-refractivity contribution >= 4 is 24.3 Å². The molecule has 0 aliphatic heterocycles. The predicted molar refractivity (Wildman–Crippen MR) is 81.2 cm³/mol. The maximum absolute atomic E-state index is 12.2. The van der Waals surface area contributed by atoms with Crippen LogP contribution in [0, 0.1) is 6.92 Å². The molecular weight excluding hydrogens is 264 g/mol. The summed E-state index contributed by atoms with van der Waals surface area (Å²) in [5.74, 6) is 0.704. The number of urea groups is 1. The number of pyridine rings is 1. The normalized spacial score (nSPS) is 10.0. The molecule has 0 aliphatic rings. The molecule has 6 heteroatoms. The molecule has 5 nitrogen and oxygen atoms in total. The van der Waals surface area contributed by atoms with E-state index in [1.54, 1.807) is 30.1 Å². The van der Waals surface area contributed by atoms with E-state index in [9.17, 15) is 4.79 Å². The molecule has 0 unspecified atom stereocenters. The van der Waals surface area contributed by atoms with Crippen LogP contribution >= 0.6 is 12.4 Å². The summed E-state index contributed by atoms with van der Waals surface area (Å²) in [5, 5.41) is 0. The first-order valence-electron chi connectivity index (χ1n) is 5.98. The minimum atomic E-state index is -0.0463. The van der Waals surface area contributed by atoms with E-state index in [0.29, 0.717) is 12.4 Å². The number of anilines is 1. The second-order valence-corrected chi connectivity index (χ2v) is 4.82. The number of rotatable bonds is 4. The van der Waals surface area contributed by atoms with Crippen LogP contribution in [0.15, 0.2) is 18.3 Å². The predicted octanol–water partition coefficient (Wildman–Crippen LogP) is 1.86. The highest BCUT2D eigenvalue weighted by atomic mass is 35.5. The minimum Gasteiger partial charge on any atom is -0.330 e. The van der Waals surface area contributed by atoms with Gasteiger partial charge in [0.25, 0.3) is 0 Å². The highest BCUT2D eigenvalue weighted by Gasteiger charge is 2.18. The van der Waals surface area contributed by atoms with Gasteiger partial charge >= 0.3 is 6.03 Å². The van der Waals surface area contributed by atoms with Gasteiger partial charge in [0.15, 0.2) is 0 Å². The van der Waals surface area contributed by atoms with Gasteiger partial charge in [0.05, 0.1) is 0 Å². The van der Waals surface area contributed by atoms with Crippen LogP contribution in [-0.4, -0.2) is 62.1 Å². The molecule has 0 saturated carbocycles. The van der Waals surface area contributed by atoms with Crippen molar-refractivity contribution in [3.05, 3.63) is 23.9 Å². The molecule has 0 radical (unpaired) electrons. The molecule has 1 aromatic heterocycles. The highest BCUT2D eigenvalue weighted by Crippen LogP contribution is 2.13. The fourth-order valence-corrected chi connectivity index (χ4v) is 1.52. The summed E-state index contributed by atoms with van der Waals surface area (Å²) in [6, 6.07) is 3.81. The molecule has 0 saturated heterocycles. The largest absolute Gasteiger partial charge is 0.330 e. The number of carbonyl (C=O) groups excluding carboxylic acids is 1. The lowest BCUT2D eigenvalue weighted by Crippen LogP contribution is -2.43. The highest BCUT2D eigenvalue weighted by molar-refractivity contribution is 5.90. The van der Waals surface area contributed by atoms with Crippen molar-refractivity contribution in [3.8, 4) is 0 Å². The van der Waals surface area contributed by atoms with E-state index in [0.717, 1.165) is 12.1 Å². The SMILES string of the molecule is Cc1ccnc(N(CCN(C)C)C(=O)N(C)C)c1.Cl. The molecule has 2 amide bonds. The molecule has 108 valence electrons. The summed E-state index contributed by atoms with van der Waals surface area (Å²) >= 11 is 0. The van der Waals surface area contributed by atoms with E-state index in [2.05, 4.69) is 4.98 Å². The number of carbonyl (C=O) groups is 1. The van der Waals surface area contributed by atoms with Gasteiger partial charge in [-0.25, -0.2) is 9.78 Å². The van der Waals surface area contributed by atoms with Crippen LogP contribution in [0.4, 0.5) is 10.6 Å². The Morgan fingerprint density at radius 3 is 2.32 bits per heavy atom. The lowest BCUT2D eigenvalue weighted by Gasteiger charge is -2.26. The summed E-state index contributed by atoms with van der Waals surface area (Å²) in [7, 11) is 7.48. The van der Waals surface area contributed by atoms with E-state index in [4.69, 9.17) is 0 Å². The number of hydrogen-bond donors (Lipinski definition) is 0. The first-order valence-corrected chi connectivity index (χ1v) is 5.98. The van der Waals surface area contributed by atoms with Crippen LogP contribution in [0.5, 0.6) is 0 Å². The van der Waals surface area contributed by atoms with E-state index >= 15 is 0 Å². The van der Waals surface area contributed by atoms with Gasteiger partial charge in [-0.3, -0.25) is 4.90 Å². The number of likely N-dealkylation sites (N-methyl/N-ethyl adjacent to an activating group) is 1. The summed E-state index contributed by atoms with van der Waals surface area (Å²) in [6.45, 7) is 3.42. The van der Waals surface area contributed by atoms with Crippen molar-refractivity contribution in [1.29, 1.82) is 0 Å². The lowest BCUT2D eigenvalue weighted by molar-refractivity contribution is 0.222. The van der Waals surface area contributed by atoms with Gasteiger partial charge in [-0.05, 0) is 38.7 Å². The van der Waals surface area contributed by atoms with Gasteiger partial charge in [-0.1, -0.05) is 0 Å². The quantitative estimate of drug-likeness (QED) is 0.848. The zero-order valence-electron chi connectivity index (χ0n) is 12.3. The third kappa shape index (κ3) is 5.44. The Bertz CT molecular complexity index is 409. The molecule has 0 bridgehead atoms. The smallest absolute Gasteiger partial charge is 0.325 e. The van der Waals surface area contributed by atoms with Crippen molar-refractivity contribution in [2.75, 3.05) is 46.2 Å². The fourth-order valence-electron chi connectivity index (χ4n) is 1.52. The van der Waals surface area contributed by atoms with Gasteiger partial charge in [-0.2, -0.15) is 0 Å². The molecule has 0 N–H and O–H groups in total. The van der Waals surface area contributed by atoms with Crippen LogP contribution in [0.3, 0.4) is 0 Å². The van der Waals surface area contributed by atoms with E-state index in [1.165, 1.54) is 0 Å². The summed E-state index contributed by atoms with van der Waals surface area (Å²) in [4.78, 5) is 21.8. The first kappa shape index (κ1) is 17.7. The molecular formula is C13H23ClN4O. The van der Waals surface area contributed by atoms with Gasteiger partial charge in [0.1, 0.15) is 5.82 Å². The molecule has 1 aromatic rings. The molecule has 1 heterocycles. The Hall–Kier alpha value is -1.33. The first-order chi connectivity index (χ1) is 8.41. The third-order valence-electron chi connectivity index (χ3n) is 2.56. The molecule has 0 aromatic carbocycles. The summed E-state index contributed by atoms with van der Waals surface area (Å²) in [5.41, 5.74) is 1.10. The summed E-state index contributed by atoms with van der Waals surface area (Å²) in [6.07, 6.45) is 1.73. The monoisotopic (exact) mass is 286 g/mol. The van der Waals surface area contributed by atoms with Crippen LogP contribution < -0.4 is 4.90 Å². The number of hydrogen-bond acceptors (Lipinski definition) is 3. The molecule has 1 rings (SSSR count). The molecule has 0 fully saturated rings. The van der Waals surface area contributed by atoms with Crippen molar-refractivity contribution in [1.82, 2.24) is 14.8 Å². The topological polar surface area (TPSA) is 39.7 Å². The molecule has 19 heavy (non-hydrogen) atoms. The zero-order chi connectivity index (χ0) is 13.7. The average molecular weight is 287 g/mol. The maximum atomic E-state index is 12.2. The van der Waals surface area contributed by atoms with Crippen LogP contribution in [0.25, 0.3) is 0 Å². The third-order valence-corrected chi connectivity index (χ3v) is 2.56. The minimum absolute atomic E-state index is 0. The number of aryl methyl sites for hydroxylation is 1. The van der Waals surface area contributed by atoms with Gasteiger partial charge < -0.3 is 9.80 Å². The Balaban J connectivity index is 0.00000324. The van der Waals surface area contributed by atoms with Crippen LogP contribution in [0.2, 0.25) is 0 Å². The number of amides is 2. The Morgan fingerprint density at radius 2 is 1.84 bits per heavy atom. The van der Waals surface area contributed by atoms with Gasteiger partial charge in [0.2, 0.25) is 0 Å². The fraction of sp³-hybridized carbons (Fsp3) is 0.538. The van der Waals surface area contributed by atoms with E-state index in [1.807, 2.05) is 38.1 Å². The second kappa shape index (κ2) is 7.96. The standard InChI is InChI=1S/C13H22N4O.ClH/c1-11-6-7-14-12(10-11)17(9-8-15(2)3)13(18)16(4)5;/h6-7,10H,8-9H2,1-5H3;1H. The number of aromatic nitrogens is 1. The van der Waals surface area contributed by atoms with Crippen molar-refractivity contribution < 1.29 is 4.79 Å². The van der Waals surface area contributed by atoms with Crippen LogP contribution in [-0.2, 0) is 0 Å². The number of nitrogens with zero attached hydrogens (tertiary/aromatic N) is 4. The van der Waals surface area contributed by atoms with Gasteiger partial charge in [0, 0.05) is 33.4 Å². The Kier molecular flexibility index (Phi) is 7.41. The average Bonchev–Trinajstić information content (AvgIpc) is 2.28. The Labute approximate surface area is 121 Å².